The van der Waals surface area contributed by atoms with Gasteiger partial charge in [0.2, 0.25) is 0 Å². The van der Waals surface area contributed by atoms with Gasteiger partial charge in [-0.2, -0.15) is 8.42 Å². The fourth-order valence-electron chi connectivity index (χ4n) is 1.45. The van der Waals surface area contributed by atoms with Gasteiger partial charge in [0.1, 0.15) is 11.4 Å². The summed E-state index contributed by atoms with van der Waals surface area (Å²) in [4.78, 5) is 13.1. The Morgan fingerprint density at radius 3 is 2.50 bits per heavy atom. The maximum Gasteiger partial charge on any atom is 0.414 e. The predicted molar refractivity (Wildman–Crippen MR) is 66.2 cm³/mol. The number of carbonyl (C=O) groups is 1. The van der Waals surface area contributed by atoms with Crippen molar-refractivity contribution in [2.24, 2.45) is 0 Å². The average molecular weight is 277 g/mol. The van der Waals surface area contributed by atoms with Gasteiger partial charge in [0.25, 0.3) is 0 Å². The van der Waals surface area contributed by atoms with Gasteiger partial charge >= 0.3 is 16.2 Å². The van der Waals surface area contributed by atoms with Crippen molar-refractivity contribution in [3.63, 3.8) is 0 Å². The molecule has 0 bridgehead atoms. The van der Waals surface area contributed by atoms with Crippen LogP contribution in [0.15, 0.2) is 12.0 Å². The Morgan fingerprint density at radius 2 is 2.00 bits per heavy atom. The normalized spacial score (nSPS) is 17.1. The molecule has 0 radical (unpaired) electrons. The minimum atomic E-state index is -3.56. The highest BCUT2D eigenvalue weighted by Gasteiger charge is 2.24. The molecule has 0 aromatic carbocycles. The van der Waals surface area contributed by atoms with Crippen molar-refractivity contribution < 1.29 is 22.1 Å². The molecule has 0 saturated heterocycles. The Labute approximate surface area is 108 Å². The van der Waals surface area contributed by atoms with Gasteiger partial charge in [0, 0.05) is 19.2 Å². The van der Waals surface area contributed by atoms with E-state index in [1.807, 2.05) is 0 Å². The van der Waals surface area contributed by atoms with E-state index in [-0.39, 0.29) is 5.76 Å². The molecule has 1 aliphatic rings. The molecule has 0 spiro atoms. The number of carbonyl (C=O) groups excluding carboxylic acids is 1. The SMILES string of the molecule is CC(C)(C)OC(=O)N1C=C(OS(C)(=O)=O)CCC1. The summed E-state index contributed by atoms with van der Waals surface area (Å²) in [5.41, 5.74) is -0.583. The summed E-state index contributed by atoms with van der Waals surface area (Å²) >= 11 is 0. The van der Waals surface area contributed by atoms with Gasteiger partial charge in [-0.1, -0.05) is 0 Å². The van der Waals surface area contributed by atoms with Gasteiger partial charge in [-0.25, -0.2) is 4.79 Å². The highest BCUT2D eigenvalue weighted by molar-refractivity contribution is 7.86. The molecule has 0 atom stereocenters. The van der Waals surface area contributed by atoms with Crippen LogP contribution in [0.3, 0.4) is 0 Å². The van der Waals surface area contributed by atoms with E-state index in [0.717, 1.165) is 6.26 Å². The topological polar surface area (TPSA) is 72.9 Å². The summed E-state index contributed by atoms with van der Waals surface area (Å²) in [6.07, 6.45) is 2.99. The smallest absolute Gasteiger partial charge is 0.414 e. The van der Waals surface area contributed by atoms with E-state index < -0.39 is 21.8 Å². The fraction of sp³-hybridized carbons (Fsp3) is 0.727. The van der Waals surface area contributed by atoms with Crippen molar-refractivity contribution in [3.05, 3.63) is 12.0 Å². The van der Waals surface area contributed by atoms with Crippen molar-refractivity contribution in [3.8, 4) is 0 Å². The maximum absolute atomic E-state index is 11.8. The third-order valence-electron chi connectivity index (χ3n) is 2.01. The number of hydrogen-bond donors (Lipinski definition) is 0. The van der Waals surface area contributed by atoms with E-state index in [1.54, 1.807) is 20.8 Å². The Kier molecular flexibility index (Phi) is 4.26. The monoisotopic (exact) mass is 277 g/mol. The first-order chi connectivity index (χ1) is 8.07. The molecule has 1 aliphatic heterocycles. The molecule has 1 rings (SSSR count). The van der Waals surface area contributed by atoms with Crippen LogP contribution in [0, 0.1) is 0 Å². The summed E-state index contributed by atoms with van der Waals surface area (Å²) in [5, 5.41) is 0. The van der Waals surface area contributed by atoms with Gasteiger partial charge in [-0.3, -0.25) is 4.90 Å². The van der Waals surface area contributed by atoms with Crippen LogP contribution in [0.25, 0.3) is 0 Å². The van der Waals surface area contributed by atoms with Gasteiger partial charge in [0.05, 0.1) is 6.26 Å². The molecule has 6 nitrogen and oxygen atoms in total. The second-order valence-corrected chi connectivity index (χ2v) is 6.74. The molecule has 1 heterocycles. The first kappa shape index (κ1) is 14.8. The van der Waals surface area contributed by atoms with Crippen LogP contribution in [-0.2, 0) is 19.0 Å². The minimum absolute atomic E-state index is 0.259. The van der Waals surface area contributed by atoms with Crippen LogP contribution >= 0.6 is 0 Å². The highest BCUT2D eigenvalue weighted by atomic mass is 32.2. The molecule has 0 unspecified atom stereocenters. The zero-order valence-electron chi connectivity index (χ0n) is 11.1. The molecule has 0 aromatic heterocycles. The second-order valence-electron chi connectivity index (χ2n) is 5.16. The summed E-state index contributed by atoms with van der Waals surface area (Å²) in [5.74, 6) is 0.259. The first-order valence-electron chi connectivity index (χ1n) is 5.67. The molecular weight excluding hydrogens is 258 g/mol. The van der Waals surface area contributed by atoms with Crippen molar-refractivity contribution >= 4 is 16.2 Å². The van der Waals surface area contributed by atoms with Crippen molar-refractivity contribution in [1.82, 2.24) is 4.90 Å². The van der Waals surface area contributed by atoms with Crippen LogP contribution in [0.4, 0.5) is 4.79 Å². The molecule has 0 N–H and O–H groups in total. The van der Waals surface area contributed by atoms with E-state index >= 15 is 0 Å². The molecule has 0 aliphatic carbocycles. The second kappa shape index (κ2) is 5.17. The number of rotatable bonds is 2. The maximum atomic E-state index is 11.8. The quantitative estimate of drug-likeness (QED) is 0.720. The van der Waals surface area contributed by atoms with E-state index in [9.17, 15) is 13.2 Å². The zero-order valence-corrected chi connectivity index (χ0v) is 11.9. The van der Waals surface area contributed by atoms with Crippen LogP contribution in [0.5, 0.6) is 0 Å². The molecule has 0 fully saturated rings. The number of allylic oxidation sites excluding steroid dienone is 1. The summed E-state index contributed by atoms with van der Waals surface area (Å²) < 4.78 is 32.0. The van der Waals surface area contributed by atoms with E-state index in [0.29, 0.717) is 19.4 Å². The first-order valence-corrected chi connectivity index (χ1v) is 7.48. The lowest BCUT2D eigenvalue weighted by atomic mass is 10.2. The lowest BCUT2D eigenvalue weighted by Crippen LogP contribution is -2.36. The number of hydrogen-bond acceptors (Lipinski definition) is 5. The zero-order chi connectivity index (χ0) is 14.0. The van der Waals surface area contributed by atoms with Crippen molar-refractivity contribution in [1.29, 1.82) is 0 Å². The molecule has 7 heteroatoms. The summed E-state index contributed by atoms with van der Waals surface area (Å²) in [6, 6.07) is 0. The number of ether oxygens (including phenoxy) is 1. The largest absolute Gasteiger partial charge is 0.443 e. The molecule has 0 saturated carbocycles. The van der Waals surface area contributed by atoms with E-state index in [2.05, 4.69) is 0 Å². The third kappa shape index (κ3) is 5.39. The molecule has 0 aromatic rings. The Hall–Kier alpha value is -1.24. The summed E-state index contributed by atoms with van der Waals surface area (Å²) in [6.45, 7) is 5.80. The van der Waals surface area contributed by atoms with Crippen molar-refractivity contribution in [2.45, 2.75) is 39.2 Å². The van der Waals surface area contributed by atoms with Crippen molar-refractivity contribution in [2.75, 3.05) is 12.8 Å². The Balaban J connectivity index is 2.73. The predicted octanol–water partition coefficient (Wildman–Crippen LogP) is 1.83. The lowest BCUT2D eigenvalue weighted by molar-refractivity contribution is 0.0315. The van der Waals surface area contributed by atoms with E-state index in [1.165, 1.54) is 11.1 Å². The minimum Gasteiger partial charge on any atom is -0.443 e. The van der Waals surface area contributed by atoms with Gasteiger partial charge in [-0.05, 0) is 27.2 Å². The number of nitrogens with zero attached hydrogens (tertiary/aromatic N) is 1. The Morgan fingerprint density at radius 1 is 1.39 bits per heavy atom. The number of amides is 1. The third-order valence-corrected chi connectivity index (χ3v) is 2.53. The standard InChI is InChI=1S/C11H19NO5S/c1-11(2,3)16-10(13)12-7-5-6-9(8-12)17-18(4,14)15/h8H,5-7H2,1-4H3. The van der Waals surface area contributed by atoms with Crippen LogP contribution < -0.4 is 0 Å². The van der Waals surface area contributed by atoms with E-state index in [4.69, 9.17) is 8.92 Å². The average Bonchev–Trinajstić information content (AvgIpc) is 2.12. The molecular formula is C11H19NO5S. The van der Waals surface area contributed by atoms with Gasteiger partial charge in [-0.15, -0.1) is 0 Å². The Bertz CT molecular complexity index is 447. The van der Waals surface area contributed by atoms with Crippen LogP contribution in [0.1, 0.15) is 33.6 Å². The highest BCUT2D eigenvalue weighted by Crippen LogP contribution is 2.19. The molecule has 104 valence electrons. The molecule has 18 heavy (non-hydrogen) atoms. The molecule has 1 amide bonds. The van der Waals surface area contributed by atoms with Gasteiger partial charge in [0.15, 0.2) is 0 Å². The van der Waals surface area contributed by atoms with Crippen LogP contribution in [0.2, 0.25) is 0 Å². The van der Waals surface area contributed by atoms with Gasteiger partial charge < -0.3 is 8.92 Å². The summed E-state index contributed by atoms with van der Waals surface area (Å²) in [7, 11) is -3.56. The van der Waals surface area contributed by atoms with Crippen LogP contribution in [-0.4, -0.2) is 37.8 Å². The lowest BCUT2D eigenvalue weighted by Gasteiger charge is -2.27. The fourth-order valence-corrected chi connectivity index (χ4v) is 1.96.